The van der Waals surface area contributed by atoms with Gasteiger partial charge in [0, 0.05) is 12.8 Å². The van der Waals surface area contributed by atoms with Gasteiger partial charge in [0.25, 0.3) is 0 Å². The minimum Gasteiger partial charge on any atom is -0.462 e. The highest BCUT2D eigenvalue weighted by Crippen LogP contribution is 2.43. The van der Waals surface area contributed by atoms with E-state index in [4.69, 9.17) is 23.8 Å². The van der Waals surface area contributed by atoms with Crippen molar-refractivity contribution in [3.63, 3.8) is 0 Å². The van der Waals surface area contributed by atoms with Crippen molar-refractivity contribution in [1.29, 1.82) is 0 Å². The van der Waals surface area contributed by atoms with Crippen molar-refractivity contribution in [3.8, 4) is 0 Å². The number of esters is 2. The second kappa shape index (κ2) is 37.1. The first-order chi connectivity index (χ1) is 28.2. The third-order valence-electron chi connectivity index (χ3n) is 8.96. The predicted molar refractivity (Wildman–Crippen MR) is 232 cm³/mol. The van der Waals surface area contributed by atoms with Gasteiger partial charge in [-0.15, -0.1) is 0 Å². The molecular formula is C46H75O11P. The Morgan fingerprint density at radius 1 is 0.638 bits per heavy atom. The summed E-state index contributed by atoms with van der Waals surface area (Å²) in [5.41, 5.74) is 0. The second-order valence-corrected chi connectivity index (χ2v) is 15.8. The molecule has 1 fully saturated rings. The summed E-state index contributed by atoms with van der Waals surface area (Å²) in [6.45, 7) is 2.11. The van der Waals surface area contributed by atoms with Gasteiger partial charge in [0.1, 0.15) is 12.7 Å². The van der Waals surface area contributed by atoms with Gasteiger partial charge in [0.2, 0.25) is 0 Å². The molecule has 0 amide bonds. The molecule has 3 N–H and O–H groups in total. The van der Waals surface area contributed by atoms with E-state index in [2.05, 4.69) is 91.3 Å². The number of hydrogen-bond acceptors (Lipinski definition) is 10. The fraction of sp³-hybridized carbons (Fsp3) is 0.652. The molecule has 0 aromatic rings. The molecule has 12 heteroatoms. The van der Waals surface area contributed by atoms with Crippen LogP contribution in [0, 0.1) is 0 Å². The summed E-state index contributed by atoms with van der Waals surface area (Å²) in [6.07, 6.45) is 45.9. The van der Waals surface area contributed by atoms with Crippen LogP contribution in [0.4, 0.5) is 0 Å². The summed E-state index contributed by atoms with van der Waals surface area (Å²) < 4.78 is 38.4. The maximum Gasteiger partial charge on any atom is 0.472 e. The van der Waals surface area contributed by atoms with Crippen LogP contribution in [0.1, 0.15) is 142 Å². The van der Waals surface area contributed by atoms with E-state index < -0.39 is 51.8 Å². The molecule has 0 bridgehead atoms. The predicted octanol–water partition coefficient (Wildman–Crippen LogP) is 10.4. The van der Waals surface area contributed by atoms with Crippen LogP contribution in [-0.4, -0.2) is 77.9 Å². The standard InChI is InChI=1S/C46H75O11P/c1-3-5-7-8-9-10-11-12-13-14-15-16-17-21-24-27-31-35-45(49)53-39-42(40-55-58(51,52)54-38-41(48)37-47)56-46(50)36-32-28-25-22-19-18-20-23-26-30-34-44-43(57-44)33-29-6-4-2/h5,7,9-10,12-13,15-16,18,20,22,25-26,30,41-44,47-48H,3-4,6,8,11,14,17,19,21,23-24,27-29,31-40H2,1-2H3,(H,51,52)/b7-5-,10-9-,13-12-,16-15-,20-18-,25-22-,30-26-/t41-,42+,43?,44?/m0/s1. The van der Waals surface area contributed by atoms with Gasteiger partial charge in [0.15, 0.2) is 6.10 Å². The Hall–Kier alpha value is -2.89. The summed E-state index contributed by atoms with van der Waals surface area (Å²) >= 11 is 0. The molecule has 0 aromatic heterocycles. The molecule has 1 aliphatic rings. The number of phosphoric ester groups is 1. The van der Waals surface area contributed by atoms with Gasteiger partial charge in [-0.1, -0.05) is 131 Å². The molecule has 0 radical (unpaired) electrons. The summed E-state index contributed by atoms with van der Waals surface area (Å²) in [7, 11) is -4.65. The lowest BCUT2D eigenvalue weighted by atomic mass is 10.1. The Morgan fingerprint density at radius 2 is 1.19 bits per heavy atom. The molecule has 0 saturated carbocycles. The minimum atomic E-state index is -4.65. The molecule has 0 aromatic carbocycles. The molecule has 0 spiro atoms. The fourth-order valence-electron chi connectivity index (χ4n) is 5.54. The third kappa shape index (κ3) is 34.0. The lowest BCUT2D eigenvalue weighted by molar-refractivity contribution is -0.161. The normalized spacial score (nSPS) is 18.2. The van der Waals surface area contributed by atoms with Crippen molar-refractivity contribution < 1.29 is 52.5 Å². The summed E-state index contributed by atoms with van der Waals surface area (Å²) in [5, 5.41) is 18.3. The van der Waals surface area contributed by atoms with E-state index >= 15 is 0 Å². The average Bonchev–Trinajstić information content (AvgIpc) is 3.97. The Labute approximate surface area is 349 Å². The van der Waals surface area contributed by atoms with Gasteiger partial charge >= 0.3 is 19.8 Å². The topological polar surface area (TPSA) is 161 Å². The lowest BCUT2D eigenvalue weighted by Gasteiger charge is -2.20. The monoisotopic (exact) mass is 835 g/mol. The number of hydrogen-bond donors (Lipinski definition) is 3. The highest BCUT2D eigenvalue weighted by molar-refractivity contribution is 7.47. The van der Waals surface area contributed by atoms with Crippen molar-refractivity contribution >= 4 is 19.8 Å². The van der Waals surface area contributed by atoms with Crippen molar-refractivity contribution in [3.05, 3.63) is 85.1 Å². The van der Waals surface area contributed by atoms with E-state index in [0.717, 1.165) is 70.6 Å². The third-order valence-corrected chi connectivity index (χ3v) is 9.91. The minimum absolute atomic E-state index is 0.0937. The highest BCUT2D eigenvalue weighted by atomic mass is 31.2. The molecule has 58 heavy (non-hydrogen) atoms. The zero-order valence-electron chi connectivity index (χ0n) is 35.4. The molecule has 11 nitrogen and oxygen atoms in total. The number of phosphoric acid groups is 1. The number of ether oxygens (including phenoxy) is 3. The SMILES string of the molecule is CC/C=C\C/C=C\C/C=C\C/C=C\CCCCCCC(=O)OC[C@H](COP(=O)(O)OC[C@@H](O)CO)OC(=O)CCC/C=C\C/C=C\C/C=C\CC1OC1CCCCC. The van der Waals surface area contributed by atoms with E-state index in [1.807, 2.05) is 12.2 Å². The van der Waals surface area contributed by atoms with Gasteiger partial charge in [-0.3, -0.25) is 18.6 Å². The molecule has 1 heterocycles. The van der Waals surface area contributed by atoms with Crippen LogP contribution in [-0.2, 0) is 37.4 Å². The van der Waals surface area contributed by atoms with E-state index in [0.29, 0.717) is 31.5 Å². The van der Waals surface area contributed by atoms with Crippen molar-refractivity contribution in [2.75, 3.05) is 26.4 Å². The largest absolute Gasteiger partial charge is 0.472 e. The zero-order valence-corrected chi connectivity index (χ0v) is 36.3. The molecule has 0 aliphatic carbocycles. The van der Waals surface area contributed by atoms with Gasteiger partial charge in [-0.05, 0) is 83.5 Å². The number of carbonyl (C=O) groups excluding carboxylic acids is 2. The van der Waals surface area contributed by atoms with E-state index in [1.54, 1.807) is 0 Å². The van der Waals surface area contributed by atoms with E-state index in [-0.39, 0.29) is 19.4 Å². The van der Waals surface area contributed by atoms with Crippen molar-refractivity contribution in [2.45, 2.75) is 167 Å². The Morgan fingerprint density at radius 3 is 1.81 bits per heavy atom. The van der Waals surface area contributed by atoms with Crippen LogP contribution in [0.5, 0.6) is 0 Å². The van der Waals surface area contributed by atoms with E-state index in [9.17, 15) is 24.2 Å². The van der Waals surface area contributed by atoms with Crippen LogP contribution in [0.3, 0.4) is 0 Å². The van der Waals surface area contributed by atoms with Crippen molar-refractivity contribution in [2.24, 2.45) is 0 Å². The summed E-state index contributed by atoms with van der Waals surface area (Å²) in [5.74, 6) is -1.03. The Kier molecular flexibility index (Phi) is 34.0. The van der Waals surface area contributed by atoms with Gasteiger partial charge in [-0.2, -0.15) is 0 Å². The summed E-state index contributed by atoms with van der Waals surface area (Å²) in [4.78, 5) is 35.0. The average molecular weight is 835 g/mol. The van der Waals surface area contributed by atoms with Crippen LogP contribution >= 0.6 is 7.82 Å². The second-order valence-electron chi connectivity index (χ2n) is 14.4. The first kappa shape index (κ1) is 53.1. The molecule has 5 atom stereocenters. The maximum atomic E-state index is 12.6. The zero-order chi connectivity index (χ0) is 42.4. The van der Waals surface area contributed by atoms with Crippen LogP contribution in [0.2, 0.25) is 0 Å². The Balaban J connectivity index is 2.31. The first-order valence-electron chi connectivity index (χ1n) is 21.7. The van der Waals surface area contributed by atoms with Gasteiger partial charge in [0.05, 0.1) is 32.0 Å². The molecule has 3 unspecified atom stereocenters. The molecule has 1 saturated heterocycles. The van der Waals surface area contributed by atoms with Crippen LogP contribution in [0.15, 0.2) is 85.1 Å². The number of carbonyl (C=O) groups is 2. The lowest BCUT2D eigenvalue weighted by Crippen LogP contribution is -2.29. The summed E-state index contributed by atoms with van der Waals surface area (Å²) in [6, 6.07) is 0. The number of epoxide rings is 1. The fourth-order valence-corrected chi connectivity index (χ4v) is 6.33. The first-order valence-corrected chi connectivity index (χ1v) is 23.2. The smallest absolute Gasteiger partial charge is 0.462 e. The quantitative estimate of drug-likeness (QED) is 0.0178. The van der Waals surface area contributed by atoms with Crippen LogP contribution in [0.25, 0.3) is 0 Å². The number of unbranched alkanes of at least 4 members (excludes halogenated alkanes) is 7. The Bertz CT molecular complexity index is 1300. The maximum absolute atomic E-state index is 12.6. The van der Waals surface area contributed by atoms with Gasteiger partial charge in [-0.25, -0.2) is 4.57 Å². The number of rotatable bonds is 38. The number of aliphatic hydroxyl groups excluding tert-OH is 2. The van der Waals surface area contributed by atoms with Gasteiger partial charge < -0.3 is 29.3 Å². The molecular weight excluding hydrogens is 759 g/mol. The van der Waals surface area contributed by atoms with E-state index in [1.165, 1.54) is 25.7 Å². The molecule has 1 aliphatic heterocycles. The van der Waals surface area contributed by atoms with Crippen molar-refractivity contribution in [1.82, 2.24) is 0 Å². The number of aliphatic hydroxyl groups is 2. The molecule has 330 valence electrons. The molecule has 1 rings (SSSR count). The highest BCUT2D eigenvalue weighted by Gasteiger charge is 2.36. The van der Waals surface area contributed by atoms with Crippen LogP contribution < -0.4 is 0 Å². The number of allylic oxidation sites excluding steroid dienone is 13.